The van der Waals surface area contributed by atoms with Crippen molar-refractivity contribution in [3.8, 4) is 5.75 Å². The number of fused-ring (bicyclic) bond motifs is 1. The molecule has 0 fully saturated rings. The van der Waals surface area contributed by atoms with Crippen LogP contribution >= 0.6 is 0 Å². The molecule has 3 nitrogen and oxygen atoms in total. The molecular weight excluding hydrogens is 204 g/mol. The fraction of sp³-hybridized carbons (Fsp3) is 0.154. The quantitative estimate of drug-likeness (QED) is 0.722. The van der Waals surface area contributed by atoms with Crippen LogP contribution in [0.2, 0.25) is 0 Å². The van der Waals surface area contributed by atoms with E-state index in [2.05, 4.69) is 0 Å². The summed E-state index contributed by atoms with van der Waals surface area (Å²) in [6, 6.07) is 10.2. The first-order valence-electron chi connectivity index (χ1n) is 5.09. The molecule has 0 bridgehead atoms. The summed E-state index contributed by atoms with van der Waals surface area (Å²) in [6.07, 6.45) is 0. The molecule has 0 saturated carbocycles. The molecule has 0 heterocycles. The van der Waals surface area contributed by atoms with Crippen LogP contribution in [0.5, 0.6) is 5.75 Å². The van der Waals surface area contributed by atoms with Gasteiger partial charge in [0.15, 0.2) is 5.75 Å². The van der Waals surface area contributed by atoms with Crippen LogP contribution in [-0.4, -0.2) is 12.6 Å². The summed E-state index contributed by atoms with van der Waals surface area (Å²) in [5.74, 6) is -0.605. The molecule has 0 aliphatic rings. The average Bonchev–Trinajstić information content (AvgIpc) is 2.29. The molecule has 0 atom stereocenters. The molecule has 2 rings (SSSR count). The van der Waals surface area contributed by atoms with Crippen LogP contribution in [0.4, 0.5) is 0 Å². The first kappa shape index (κ1) is 10.5. The monoisotopic (exact) mass is 215 g/mol. The maximum Gasteiger partial charge on any atom is 0.338 e. The lowest BCUT2D eigenvalue weighted by molar-refractivity contribution is 0.0526. The van der Waals surface area contributed by atoms with Crippen molar-refractivity contribution < 1.29 is 14.6 Å². The number of rotatable bonds is 2. The van der Waals surface area contributed by atoms with Gasteiger partial charge in [0.1, 0.15) is 0 Å². The molecule has 0 amide bonds. The Morgan fingerprint density at radius 2 is 2.00 bits per heavy atom. The van der Waals surface area contributed by atoms with Gasteiger partial charge >= 0.3 is 5.97 Å². The van der Waals surface area contributed by atoms with Crippen LogP contribution in [0.15, 0.2) is 36.4 Å². The Labute approximate surface area is 93.3 Å². The molecule has 0 N–H and O–H groups in total. The molecule has 0 saturated heterocycles. The van der Waals surface area contributed by atoms with Gasteiger partial charge in [-0.2, -0.15) is 0 Å². The smallest absolute Gasteiger partial charge is 0.338 e. The predicted molar refractivity (Wildman–Crippen MR) is 60.0 cm³/mol. The van der Waals surface area contributed by atoms with E-state index in [1.165, 1.54) is 6.07 Å². The van der Waals surface area contributed by atoms with Crippen molar-refractivity contribution in [2.45, 2.75) is 6.92 Å². The van der Waals surface area contributed by atoms with Crippen molar-refractivity contribution >= 4 is 16.7 Å². The summed E-state index contributed by atoms with van der Waals surface area (Å²) in [6.45, 7) is 2.04. The lowest BCUT2D eigenvalue weighted by Crippen LogP contribution is -2.04. The molecular formula is C13H11O3. The highest BCUT2D eigenvalue weighted by Crippen LogP contribution is 2.27. The third kappa shape index (κ3) is 1.84. The number of esters is 1. The highest BCUT2D eigenvalue weighted by molar-refractivity contribution is 5.98. The highest BCUT2D eigenvalue weighted by Gasteiger charge is 2.11. The van der Waals surface area contributed by atoms with Gasteiger partial charge in [0.2, 0.25) is 0 Å². The fourth-order valence-corrected chi connectivity index (χ4v) is 1.61. The molecule has 3 heteroatoms. The SMILES string of the molecule is CCOC(=O)c1cc([O])c2ccccc2c1. The summed E-state index contributed by atoms with van der Waals surface area (Å²) >= 11 is 0. The Morgan fingerprint density at radius 3 is 2.75 bits per heavy atom. The molecule has 2 aromatic rings. The normalized spacial score (nSPS) is 10.3. The minimum absolute atomic E-state index is 0.152. The van der Waals surface area contributed by atoms with Crippen LogP contribution in [0.1, 0.15) is 17.3 Å². The third-order valence-corrected chi connectivity index (χ3v) is 2.33. The van der Waals surface area contributed by atoms with Gasteiger partial charge < -0.3 is 4.74 Å². The van der Waals surface area contributed by atoms with E-state index in [4.69, 9.17) is 4.74 Å². The lowest BCUT2D eigenvalue weighted by atomic mass is 10.1. The Morgan fingerprint density at radius 1 is 1.25 bits per heavy atom. The van der Waals surface area contributed by atoms with E-state index in [9.17, 15) is 9.90 Å². The van der Waals surface area contributed by atoms with Gasteiger partial charge in [0.05, 0.1) is 12.2 Å². The van der Waals surface area contributed by atoms with Gasteiger partial charge in [0.25, 0.3) is 0 Å². The van der Waals surface area contributed by atoms with Crippen molar-refractivity contribution in [2.75, 3.05) is 6.61 Å². The fourth-order valence-electron chi connectivity index (χ4n) is 1.61. The largest absolute Gasteiger partial charge is 0.462 e. The van der Waals surface area contributed by atoms with E-state index < -0.39 is 5.97 Å². The number of ether oxygens (including phenoxy) is 1. The number of benzene rings is 2. The first-order chi connectivity index (χ1) is 7.72. The summed E-state index contributed by atoms with van der Waals surface area (Å²) < 4.78 is 4.85. The minimum atomic E-state index is -0.453. The van der Waals surface area contributed by atoms with Gasteiger partial charge in [-0.25, -0.2) is 4.79 Å². The zero-order chi connectivity index (χ0) is 11.5. The second-order valence-corrected chi connectivity index (χ2v) is 3.42. The Balaban J connectivity index is 2.53. The average molecular weight is 215 g/mol. The Hall–Kier alpha value is -2.03. The van der Waals surface area contributed by atoms with Gasteiger partial charge in [-0.05, 0) is 18.4 Å². The van der Waals surface area contributed by atoms with Gasteiger partial charge in [-0.15, -0.1) is 0 Å². The van der Waals surface area contributed by atoms with Crippen molar-refractivity contribution in [3.05, 3.63) is 42.0 Å². The molecule has 0 unspecified atom stereocenters. The van der Waals surface area contributed by atoms with Crippen molar-refractivity contribution in [1.82, 2.24) is 0 Å². The number of carbonyl (C=O) groups excluding carboxylic acids is 1. The summed E-state index contributed by atoms with van der Waals surface area (Å²) in [5, 5.41) is 13.1. The Bertz CT molecular complexity index is 532. The van der Waals surface area contributed by atoms with Gasteiger partial charge in [-0.3, -0.25) is 5.11 Å². The first-order valence-corrected chi connectivity index (χ1v) is 5.09. The molecule has 81 valence electrons. The molecule has 0 aliphatic heterocycles. The van der Waals surface area contributed by atoms with Crippen molar-refractivity contribution in [1.29, 1.82) is 0 Å². The molecule has 0 spiro atoms. The Kier molecular flexibility index (Phi) is 2.77. The second-order valence-electron chi connectivity index (χ2n) is 3.42. The van der Waals surface area contributed by atoms with E-state index in [1.54, 1.807) is 31.2 Å². The van der Waals surface area contributed by atoms with E-state index in [0.29, 0.717) is 17.6 Å². The summed E-state index contributed by atoms with van der Waals surface area (Å²) in [4.78, 5) is 11.5. The third-order valence-electron chi connectivity index (χ3n) is 2.33. The topological polar surface area (TPSA) is 46.2 Å². The second kappa shape index (κ2) is 4.23. The number of hydrogen-bond acceptors (Lipinski definition) is 2. The minimum Gasteiger partial charge on any atom is -0.462 e. The van der Waals surface area contributed by atoms with Crippen LogP contribution in [0, 0.1) is 0 Å². The standard InChI is InChI=1S/C13H11O3/c1-2-16-13(15)10-7-9-5-3-4-6-11(9)12(14)8-10/h3-8H,2H2,1H3. The maximum absolute atomic E-state index is 11.7. The van der Waals surface area contributed by atoms with Crippen LogP contribution in [0.25, 0.3) is 10.8 Å². The number of carbonyl (C=O) groups is 1. The molecule has 0 aliphatic carbocycles. The number of hydrogen-bond donors (Lipinski definition) is 0. The zero-order valence-corrected chi connectivity index (χ0v) is 8.90. The highest BCUT2D eigenvalue weighted by atomic mass is 16.5. The maximum atomic E-state index is 11.7. The molecule has 2 aromatic carbocycles. The predicted octanol–water partition coefficient (Wildman–Crippen LogP) is 3.16. The van der Waals surface area contributed by atoms with Crippen molar-refractivity contribution in [2.24, 2.45) is 0 Å². The summed E-state index contributed by atoms with van der Waals surface area (Å²) in [5.41, 5.74) is 0.311. The lowest BCUT2D eigenvalue weighted by Gasteiger charge is -2.04. The van der Waals surface area contributed by atoms with E-state index in [-0.39, 0.29) is 5.75 Å². The van der Waals surface area contributed by atoms with Gasteiger partial charge in [-0.1, -0.05) is 24.3 Å². The van der Waals surface area contributed by atoms with E-state index >= 15 is 0 Å². The molecule has 16 heavy (non-hydrogen) atoms. The van der Waals surface area contributed by atoms with E-state index in [0.717, 1.165) is 5.39 Å². The van der Waals surface area contributed by atoms with Crippen LogP contribution < -0.4 is 0 Å². The van der Waals surface area contributed by atoms with Crippen LogP contribution in [-0.2, 0) is 9.84 Å². The zero-order valence-electron chi connectivity index (χ0n) is 8.90. The molecule has 1 radical (unpaired) electrons. The van der Waals surface area contributed by atoms with Gasteiger partial charge in [0, 0.05) is 11.5 Å². The van der Waals surface area contributed by atoms with Crippen LogP contribution in [0.3, 0.4) is 0 Å². The summed E-state index contributed by atoms with van der Waals surface area (Å²) in [7, 11) is 0. The van der Waals surface area contributed by atoms with Crippen molar-refractivity contribution in [3.63, 3.8) is 0 Å². The van der Waals surface area contributed by atoms with E-state index in [1.807, 2.05) is 6.07 Å². The molecule has 0 aromatic heterocycles.